The van der Waals surface area contributed by atoms with Gasteiger partial charge < -0.3 is 15.0 Å². The van der Waals surface area contributed by atoms with Crippen molar-refractivity contribution in [2.45, 2.75) is 25.3 Å². The van der Waals surface area contributed by atoms with Crippen LogP contribution in [0.3, 0.4) is 0 Å². The minimum atomic E-state index is 0.487. The summed E-state index contributed by atoms with van der Waals surface area (Å²) in [5, 5.41) is 4.75. The van der Waals surface area contributed by atoms with Crippen molar-refractivity contribution >= 4 is 10.9 Å². The summed E-state index contributed by atoms with van der Waals surface area (Å²) in [6, 6.07) is 6.78. The highest BCUT2D eigenvalue weighted by molar-refractivity contribution is 5.86. The molecule has 0 amide bonds. The van der Waals surface area contributed by atoms with Crippen molar-refractivity contribution in [3.8, 4) is 5.75 Å². The van der Waals surface area contributed by atoms with Gasteiger partial charge in [-0.05, 0) is 44.0 Å². The second-order valence-corrected chi connectivity index (χ2v) is 4.66. The summed E-state index contributed by atoms with van der Waals surface area (Å²) in [4.78, 5) is 3.54. The molecule has 3 rings (SSSR count). The topological polar surface area (TPSA) is 37.0 Å². The highest BCUT2D eigenvalue weighted by Crippen LogP contribution is 2.36. The Morgan fingerprint density at radius 3 is 3.06 bits per heavy atom. The van der Waals surface area contributed by atoms with Crippen molar-refractivity contribution < 1.29 is 4.74 Å². The summed E-state index contributed by atoms with van der Waals surface area (Å²) in [5.41, 5.74) is 4.03. The number of nitrogens with one attached hydrogen (secondary N) is 2. The zero-order chi connectivity index (χ0) is 11.8. The summed E-state index contributed by atoms with van der Waals surface area (Å²) in [6.45, 7) is 0. The Kier molecular flexibility index (Phi) is 2.56. The number of rotatable bonds is 2. The number of benzene rings is 1. The van der Waals surface area contributed by atoms with Crippen LogP contribution in [0.15, 0.2) is 18.2 Å². The van der Waals surface area contributed by atoms with Gasteiger partial charge in [0.25, 0.3) is 0 Å². The highest BCUT2D eigenvalue weighted by Gasteiger charge is 2.23. The number of hydrogen-bond acceptors (Lipinski definition) is 2. The standard InChI is InChI=1S/C14H18N2O/c1-15-11-4-3-5-12-14(11)10-7-6-9(17-2)8-13(10)16-12/h6-8,11,15-16H,3-5H2,1-2H3. The van der Waals surface area contributed by atoms with Gasteiger partial charge in [0.2, 0.25) is 0 Å². The van der Waals surface area contributed by atoms with Crippen molar-refractivity contribution in [2.24, 2.45) is 0 Å². The van der Waals surface area contributed by atoms with Crippen LogP contribution in [0.4, 0.5) is 0 Å². The van der Waals surface area contributed by atoms with Gasteiger partial charge in [0.05, 0.1) is 7.11 Å². The summed E-state index contributed by atoms with van der Waals surface area (Å²) < 4.78 is 5.27. The lowest BCUT2D eigenvalue weighted by Crippen LogP contribution is -2.20. The van der Waals surface area contributed by atoms with E-state index in [9.17, 15) is 0 Å². The van der Waals surface area contributed by atoms with Crippen LogP contribution in [0.1, 0.15) is 30.1 Å². The summed E-state index contributed by atoms with van der Waals surface area (Å²) in [7, 11) is 3.75. The van der Waals surface area contributed by atoms with E-state index >= 15 is 0 Å². The van der Waals surface area contributed by atoms with E-state index in [4.69, 9.17) is 4.74 Å². The largest absolute Gasteiger partial charge is 0.497 e. The molecule has 90 valence electrons. The number of aryl methyl sites for hydroxylation is 1. The highest BCUT2D eigenvalue weighted by atomic mass is 16.5. The van der Waals surface area contributed by atoms with E-state index in [0.717, 1.165) is 12.2 Å². The summed E-state index contributed by atoms with van der Waals surface area (Å²) >= 11 is 0. The zero-order valence-electron chi connectivity index (χ0n) is 10.3. The van der Waals surface area contributed by atoms with Crippen LogP contribution in [0, 0.1) is 0 Å². The van der Waals surface area contributed by atoms with Gasteiger partial charge in [-0.25, -0.2) is 0 Å². The molecule has 0 radical (unpaired) electrons. The average molecular weight is 230 g/mol. The Morgan fingerprint density at radius 2 is 2.29 bits per heavy atom. The number of aromatic nitrogens is 1. The Balaban J connectivity index is 2.20. The van der Waals surface area contributed by atoms with Crippen LogP contribution in [0.2, 0.25) is 0 Å². The first kappa shape index (κ1) is 10.7. The second kappa shape index (κ2) is 4.08. The predicted octanol–water partition coefficient (Wildman–Crippen LogP) is 2.77. The molecule has 3 heteroatoms. The molecule has 1 atom stereocenters. The second-order valence-electron chi connectivity index (χ2n) is 4.66. The zero-order valence-corrected chi connectivity index (χ0v) is 10.3. The molecule has 0 bridgehead atoms. The van der Waals surface area contributed by atoms with Crippen LogP contribution in [0.5, 0.6) is 5.75 Å². The third-order valence-electron chi connectivity index (χ3n) is 3.74. The lowest BCUT2D eigenvalue weighted by Gasteiger charge is -2.22. The molecule has 1 aliphatic rings. The third-order valence-corrected chi connectivity index (χ3v) is 3.74. The minimum absolute atomic E-state index is 0.487. The van der Waals surface area contributed by atoms with Gasteiger partial charge in [-0.1, -0.05) is 0 Å². The van der Waals surface area contributed by atoms with Gasteiger partial charge in [-0.2, -0.15) is 0 Å². The number of methoxy groups -OCH3 is 1. The number of H-pyrrole nitrogens is 1. The molecule has 0 aliphatic heterocycles. The summed E-state index contributed by atoms with van der Waals surface area (Å²) in [5.74, 6) is 0.914. The number of ether oxygens (including phenoxy) is 1. The van der Waals surface area contributed by atoms with Crippen molar-refractivity contribution in [1.82, 2.24) is 10.3 Å². The molecule has 0 saturated heterocycles. The van der Waals surface area contributed by atoms with Crippen LogP contribution in [-0.2, 0) is 6.42 Å². The Labute approximate surface area is 101 Å². The molecule has 1 unspecified atom stereocenters. The quantitative estimate of drug-likeness (QED) is 0.832. The van der Waals surface area contributed by atoms with E-state index in [1.807, 2.05) is 13.1 Å². The maximum atomic E-state index is 5.27. The molecule has 0 spiro atoms. The monoisotopic (exact) mass is 230 g/mol. The van der Waals surface area contributed by atoms with Gasteiger partial charge >= 0.3 is 0 Å². The predicted molar refractivity (Wildman–Crippen MR) is 69.6 cm³/mol. The van der Waals surface area contributed by atoms with E-state index in [1.165, 1.54) is 35.0 Å². The van der Waals surface area contributed by atoms with E-state index in [1.54, 1.807) is 7.11 Å². The van der Waals surface area contributed by atoms with E-state index in [2.05, 4.69) is 22.4 Å². The van der Waals surface area contributed by atoms with Crippen molar-refractivity contribution in [3.05, 3.63) is 29.5 Å². The lowest BCUT2D eigenvalue weighted by molar-refractivity contribution is 0.415. The Morgan fingerprint density at radius 1 is 1.41 bits per heavy atom. The summed E-state index contributed by atoms with van der Waals surface area (Å²) in [6.07, 6.45) is 3.63. The molecule has 2 aromatic rings. The maximum absolute atomic E-state index is 5.27. The third kappa shape index (κ3) is 1.62. The van der Waals surface area contributed by atoms with Gasteiger partial charge in [0, 0.05) is 28.7 Å². The van der Waals surface area contributed by atoms with Gasteiger partial charge in [0.15, 0.2) is 0 Å². The van der Waals surface area contributed by atoms with Crippen molar-refractivity contribution in [2.75, 3.05) is 14.2 Å². The molecule has 1 aromatic heterocycles. The smallest absolute Gasteiger partial charge is 0.120 e. The maximum Gasteiger partial charge on any atom is 0.120 e. The van der Waals surface area contributed by atoms with E-state index in [0.29, 0.717) is 6.04 Å². The fourth-order valence-electron chi connectivity index (χ4n) is 2.89. The lowest BCUT2D eigenvalue weighted by atomic mass is 9.91. The van der Waals surface area contributed by atoms with E-state index < -0.39 is 0 Å². The van der Waals surface area contributed by atoms with Gasteiger partial charge in [0.1, 0.15) is 5.75 Å². The first-order chi connectivity index (χ1) is 8.33. The van der Waals surface area contributed by atoms with Crippen molar-refractivity contribution in [3.63, 3.8) is 0 Å². The molecule has 0 saturated carbocycles. The first-order valence-electron chi connectivity index (χ1n) is 6.19. The molecule has 1 aromatic carbocycles. The molecule has 17 heavy (non-hydrogen) atoms. The fourth-order valence-corrected chi connectivity index (χ4v) is 2.89. The van der Waals surface area contributed by atoms with Crippen LogP contribution >= 0.6 is 0 Å². The molecule has 1 aliphatic carbocycles. The molecular formula is C14H18N2O. The normalized spacial score (nSPS) is 19.3. The average Bonchev–Trinajstić information content (AvgIpc) is 2.75. The molecule has 0 fully saturated rings. The first-order valence-corrected chi connectivity index (χ1v) is 6.19. The Hall–Kier alpha value is -1.48. The van der Waals surface area contributed by atoms with Crippen LogP contribution < -0.4 is 10.1 Å². The SMILES string of the molecule is CNC1CCCc2[nH]c3cc(OC)ccc3c21. The van der Waals surface area contributed by atoms with Gasteiger partial charge in [-0.15, -0.1) is 0 Å². The Bertz CT molecular complexity index is 544. The van der Waals surface area contributed by atoms with Crippen molar-refractivity contribution in [1.29, 1.82) is 0 Å². The van der Waals surface area contributed by atoms with E-state index in [-0.39, 0.29) is 0 Å². The molecular weight excluding hydrogens is 212 g/mol. The van der Waals surface area contributed by atoms with Crippen LogP contribution in [-0.4, -0.2) is 19.1 Å². The molecule has 3 nitrogen and oxygen atoms in total. The molecule has 2 N–H and O–H groups in total. The van der Waals surface area contributed by atoms with Gasteiger partial charge in [-0.3, -0.25) is 0 Å². The minimum Gasteiger partial charge on any atom is -0.497 e. The fraction of sp³-hybridized carbons (Fsp3) is 0.429. The molecule has 1 heterocycles. The number of fused-ring (bicyclic) bond motifs is 3. The van der Waals surface area contributed by atoms with Crippen LogP contribution in [0.25, 0.3) is 10.9 Å². The number of hydrogen-bond donors (Lipinski definition) is 2. The number of aromatic amines is 1.